The number of nitrogens with zero attached hydrogens (tertiary/aromatic N) is 2. The molecule has 1 N–H and O–H groups in total. The van der Waals surface area contributed by atoms with Crippen molar-refractivity contribution in [1.29, 1.82) is 0 Å². The van der Waals surface area contributed by atoms with E-state index >= 15 is 0 Å². The van der Waals surface area contributed by atoms with E-state index < -0.39 is 11.9 Å². The van der Waals surface area contributed by atoms with Gasteiger partial charge in [-0.05, 0) is 43.5 Å². The fraction of sp³-hybridized carbons (Fsp3) is 0.412. The molecule has 134 valence electrons. The van der Waals surface area contributed by atoms with Gasteiger partial charge in [0.1, 0.15) is 0 Å². The zero-order valence-corrected chi connectivity index (χ0v) is 14.9. The molecule has 0 unspecified atom stereocenters. The van der Waals surface area contributed by atoms with E-state index in [1.165, 1.54) is 4.68 Å². The molecule has 0 radical (unpaired) electrons. The fourth-order valence-corrected chi connectivity index (χ4v) is 3.02. The number of alkyl halides is 3. The highest BCUT2D eigenvalue weighted by Crippen LogP contribution is 2.42. The molecule has 1 amide bonds. The van der Waals surface area contributed by atoms with Gasteiger partial charge in [0.15, 0.2) is 5.69 Å². The van der Waals surface area contributed by atoms with Gasteiger partial charge >= 0.3 is 6.18 Å². The van der Waals surface area contributed by atoms with Crippen LogP contribution in [0.25, 0.3) is 0 Å². The van der Waals surface area contributed by atoms with Crippen LogP contribution in [0.3, 0.4) is 0 Å². The maximum Gasteiger partial charge on any atom is 0.435 e. The van der Waals surface area contributed by atoms with E-state index in [2.05, 4.69) is 26.3 Å². The van der Waals surface area contributed by atoms with Crippen molar-refractivity contribution in [2.75, 3.05) is 6.54 Å². The van der Waals surface area contributed by atoms with E-state index in [1.807, 2.05) is 6.07 Å². The topological polar surface area (TPSA) is 46.9 Å². The highest BCUT2D eigenvalue weighted by Gasteiger charge is 2.37. The van der Waals surface area contributed by atoms with Crippen LogP contribution in [-0.2, 0) is 12.7 Å². The Bertz CT molecular complexity index is 769. The summed E-state index contributed by atoms with van der Waals surface area (Å²) in [5, 5.41) is 6.48. The predicted molar refractivity (Wildman–Crippen MR) is 90.3 cm³/mol. The Morgan fingerprint density at radius 1 is 1.32 bits per heavy atom. The molecule has 8 heteroatoms. The number of aryl methyl sites for hydroxylation is 1. The van der Waals surface area contributed by atoms with Crippen LogP contribution in [0.4, 0.5) is 13.2 Å². The van der Waals surface area contributed by atoms with Gasteiger partial charge in [-0.1, -0.05) is 22.0 Å². The van der Waals surface area contributed by atoms with Gasteiger partial charge < -0.3 is 5.32 Å². The second kappa shape index (κ2) is 7.19. The molecule has 1 heterocycles. The number of rotatable bonds is 6. The number of benzene rings is 1. The molecule has 0 aliphatic heterocycles. The molecule has 0 atom stereocenters. The second-order valence-corrected chi connectivity index (χ2v) is 6.99. The van der Waals surface area contributed by atoms with Gasteiger partial charge in [0.05, 0.1) is 0 Å². The van der Waals surface area contributed by atoms with E-state index in [4.69, 9.17) is 0 Å². The zero-order valence-electron chi connectivity index (χ0n) is 13.3. The Morgan fingerprint density at radius 2 is 2.08 bits per heavy atom. The van der Waals surface area contributed by atoms with Crippen molar-refractivity contribution in [3.05, 3.63) is 51.8 Å². The standard InChI is InChI=1S/C17H17BrF3N3O/c18-13-4-1-3-12(9-13)16(25)22-7-2-8-24-14(11-5-6-11)10-15(23-24)17(19,20)21/h1,3-4,9-11H,2,5-8H2,(H,22,25). The van der Waals surface area contributed by atoms with Crippen molar-refractivity contribution in [3.8, 4) is 0 Å². The fourth-order valence-electron chi connectivity index (χ4n) is 2.62. The molecular weight excluding hydrogens is 399 g/mol. The largest absolute Gasteiger partial charge is 0.435 e. The summed E-state index contributed by atoms with van der Waals surface area (Å²) in [6, 6.07) is 8.16. The van der Waals surface area contributed by atoms with E-state index in [0.717, 1.165) is 23.4 Å². The third-order valence-electron chi connectivity index (χ3n) is 4.02. The van der Waals surface area contributed by atoms with Crippen LogP contribution < -0.4 is 5.32 Å². The molecule has 3 rings (SSSR count). The van der Waals surface area contributed by atoms with Gasteiger partial charge in [-0.3, -0.25) is 9.48 Å². The van der Waals surface area contributed by atoms with Crippen LogP contribution in [0, 0.1) is 0 Å². The van der Waals surface area contributed by atoms with Gasteiger partial charge in [0, 0.05) is 34.7 Å². The minimum Gasteiger partial charge on any atom is -0.352 e. The number of halogens is 4. The minimum absolute atomic E-state index is 0.180. The Morgan fingerprint density at radius 3 is 2.72 bits per heavy atom. The molecule has 1 aliphatic rings. The predicted octanol–water partition coefficient (Wildman–Crippen LogP) is 4.36. The Hall–Kier alpha value is -1.83. The summed E-state index contributed by atoms with van der Waals surface area (Å²) < 4.78 is 40.8. The Kier molecular flexibility index (Phi) is 5.17. The van der Waals surface area contributed by atoms with Gasteiger partial charge in [0.2, 0.25) is 0 Å². The number of hydrogen-bond donors (Lipinski definition) is 1. The smallest absolute Gasteiger partial charge is 0.352 e. The maximum atomic E-state index is 12.8. The first-order valence-corrected chi connectivity index (χ1v) is 8.82. The molecule has 2 aromatic rings. The molecule has 1 saturated carbocycles. The van der Waals surface area contributed by atoms with E-state index in [0.29, 0.717) is 30.8 Å². The summed E-state index contributed by atoms with van der Waals surface area (Å²) in [6.07, 6.45) is -2.10. The van der Waals surface area contributed by atoms with Crippen molar-refractivity contribution in [3.63, 3.8) is 0 Å². The second-order valence-electron chi connectivity index (χ2n) is 6.07. The molecular formula is C17H17BrF3N3O. The summed E-state index contributed by atoms with van der Waals surface area (Å²) in [6.45, 7) is 0.720. The molecule has 1 aliphatic carbocycles. The van der Waals surface area contributed by atoms with Gasteiger partial charge in [0.25, 0.3) is 5.91 Å². The van der Waals surface area contributed by atoms with E-state index in [1.54, 1.807) is 18.2 Å². The molecule has 25 heavy (non-hydrogen) atoms. The number of amides is 1. The summed E-state index contributed by atoms with van der Waals surface area (Å²) in [4.78, 5) is 12.0. The zero-order chi connectivity index (χ0) is 18.0. The molecule has 4 nitrogen and oxygen atoms in total. The number of nitrogens with one attached hydrogen (secondary N) is 1. The first-order valence-electron chi connectivity index (χ1n) is 8.03. The lowest BCUT2D eigenvalue weighted by atomic mass is 10.2. The Balaban J connectivity index is 1.55. The van der Waals surface area contributed by atoms with Gasteiger partial charge in [-0.2, -0.15) is 18.3 Å². The molecule has 0 bridgehead atoms. The minimum atomic E-state index is -4.43. The van der Waals surface area contributed by atoms with Crippen LogP contribution in [0.2, 0.25) is 0 Å². The van der Waals surface area contributed by atoms with Crippen molar-refractivity contribution in [2.45, 2.75) is 37.9 Å². The lowest BCUT2D eigenvalue weighted by Crippen LogP contribution is -2.25. The van der Waals surface area contributed by atoms with Crippen molar-refractivity contribution >= 4 is 21.8 Å². The summed E-state index contributed by atoms with van der Waals surface area (Å²) >= 11 is 3.31. The first kappa shape index (κ1) is 18.0. The van der Waals surface area contributed by atoms with Crippen LogP contribution >= 0.6 is 15.9 Å². The lowest BCUT2D eigenvalue weighted by Gasteiger charge is -2.08. The quantitative estimate of drug-likeness (QED) is 0.712. The van der Waals surface area contributed by atoms with E-state index in [-0.39, 0.29) is 11.8 Å². The van der Waals surface area contributed by atoms with Crippen molar-refractivity contribution in [1.82, 2.24) is 15.1 Å². The molecule has 1 fully saturated rings. The summed E-state index contributed by atoms with van der Waals surface area (Å²) in [5.41, 5.74) is 0.338. The third-order valence-corrected chi connectivity index (χ3v) is 4.51. The summed E-state index contributed by atoms with van der Waals surface area (Å²) in [7, 11) is 0. The third kappa shape index (κ3) is 4.62. The Labute approximate surface area is 151 Å². The molecule has 0 spiro atoms. The van der Waals surface area contributed by atoms with Crippen LogP contribution in [0.5, 0.6) is 0 Å². The van der Waals surface area contributed by atoms with Crippen LogP contribution in [0.15, 0.2) is 34.8 Å². The molecule has 1 aromatic heterocycles. The SMILES string of the molecule is O=C(NCCCn1nc(C(F)(F)F)cc1C1CC1)c1cccc(Br)c1. The number of carbonyl (C=O) groups is 1. The normalized spacial score (nSPS) is 14.6. The van der Waals surface area contributed by atoms with Crippen molar-refractivity contribution < 1.29 is 18.0 Å². The van der Waals surface area contributed by atoms with Crippen LogP contribution in [0.1, 0.15) is 46.9 Å². The molecule has 1 aromatic carbocycles. The lowest BCUT2D eigenvalue weighted by molar-refractivity contribution is -0.141. The summed E-state index contributed by atoms with van der Waals surface area (Å²) in [5.74, 6) is -0.0278. The molecule has 0 saturated heterocycles. The first-order chi connectivity index (χ1) is 11.8. The van der Waals surface area contributed by atoms with Crippen molar-refractivity contribution in [2.24, 2.45) is 0 Å². The number of carbonyl (C=O) groups excluding carboxylic acids is 1. The maximum absolute atomic E-state index is 12.8. The number of hydrogen-bond acceptors (Lipinski definition) is 2. The van der Waals surface area contributed by atoms with E-state index in [9.17, 15) is 18.0 Å². The van der Waals surface area contributed by atoms with Crippen LogP contribution in [-0.4, -0.2) is 22.2 Å². The van der Waals surface area contributed by atoms with Gasteiger partial charge in [-0.15, -0.1) is 0 Å². The highest BCUT2D eigenvalue weighted by atomic mass is 79.9. The average Bonchev–Trinajstić information content (AvgIpc) is 3.30. The highest BCUT2D eigenvalue weighted by molar-refractivity contribution is 9.10. The van der Waals surface area contributed by atoms with Gasteiger partial charge in [-0.25, -0.2) is 0 Å². The average molecular weight is 416 g/mol. The monoisotopic (exact) mass is 415 g/mol. The number of aromatic nitrogens is 2.